The number of methoxy groups -OCH3 is 1. The zero-order valence-corrected chi connectivity index (χ0v) is 16.3. The van der Waals surface area contributed by atoms with E-state index < -0.39 is 11.9 Å². The number of carboxylic acid groups (broad SMARTS) is 1. The molecule has 0 spiro atoms. The summed E-state index contributed by atoms with van der Waals surface area (Å²) >= 11 is 0. The van der Waals surface area contributed by atoms with Gasteiger partial charge < -0.3 is 15.2 Å². The predicted molar refractivity (Wildman–Crippen MR) is 109 cm³/mol. The van der Waals surface area contributed by atoms with Crippen LogP contribution in [0.15, 0.2) is 48.8 Å². The summed E-state index contributed by atoms with van der Waals surface area (Å²) in [5, 5.41) is 12.4. The molecular weight excluding hydrogens is 368 g/mol. The minimum absolute atomic E-state index is 0.112. The average molecular weight is 390 g/mol. The molecule has 1 saturated carbocycles. The first-order chi connectivity index (χ1) is 14.0. The average Bonchev–Trinajstić information content (AvgIpc) is 3.53. The fourth-order valence-electron chi connectivity index (χ4n) is 3.39. The number of aromatic nitrogens is 3. The Bertz CT molecular complexity index is 1040. The number of nitrogens with one attached hydrogen (secondary N) is 1. The highest BCUT2D eigenvalue weighted by Crippen LogP contribution is 2.50. The first kappa shape index (κ1) is 18.9. The van der Waals surface area contributed by atoms with Gasteiger partial charge in [-0.25, -0.2) is 15.0 Å². The van der Waals surface area contributed by atoms with Crippen LogP contribution in [-0.2, 0) is 11.3 Å². The summed E-state index contributed by atoms with van der Waals surface area (Å²) in [7, 11) is 1.57. The van der Waals surface area contributed by atoms with Crippen molar-refractivity contribution in [2.45, 2.75) is 25.8 Å². The first-order valence-corrected chi connectivity index (χ1v) is 9.44. The SMILES string of the molecule is COc1ccc(-c2cnc(NCc3cccc(C)c3)nc2)nc1[C@@H]1C[C@H]1C(=O)O. The van der Waals surface area contributed by atoms with Gasteiger partial charge in [0.2, 0.25) is 5.95 Å². The predicted octanol–water partition coefficient (Wildman–Crippen LogP) is 3.66. The lowest BCUT2D eigenvalue weighted by atomic mass is 10.1. The summed E-state index contributed by atoms with van der Waals surface area (Å²) in [6.07, 6.45) is 4.01. The third-order valence-electron chi connectivity index (χ3n) is 5.05. The Morgan fingerprint density at radius 3 is 2.69 bits per heavy atom. The van der Waals surface area contributed by atoms with Crippen molar-refractivity contribution in [1.82, 2.24) is 15.0 Å². The topological polar surface area (TPSA) is 97.2 Å². The number of ether oxygens (including phenoxy) is 1. The molecule has 7 heteroatoms. The summed E-state index contributed by atoms with van der Waals surface area (Å²) in [6.45, 7) is 2.70. The molecule has 0 amide bonds. The Balaban J connectivity index is 1.49. The van der Waals surface area contributed by atoms with E-state index in [1.807, 2.05) is 18.2 Å². The number of anilines is 1. The standard InChI is InChI=1S/C22H22N4O3/c1-13-4-3-5-14(8-13)10-23-22-24-11-15(12-25-22)18-6-7-19(29-2)20(26-18)16-9-17(16)21(27)28/h3-8,11-12,16-17H,9-10H2,1-2H3,(H,27,28)(H,23,24,25)/t16-,17-/m1/s1. The Morgan fingerprint density at radius 1 is 1.24 bits per heavy atom. The van der Waals surface area contributed by atoms with Crippen LogP contribution in [0.25, 0.3) is 11.3 Å². The van der Waals surface area contributed by atoms with Crippen molar-refractivity contribution >= 4 is 11.9 Å². The molecule has 29 heavy (non-hydrogen) atoms. The van der Waals surface area contributed by atoms with Crippen molar-refractivity contribution < 1.29 is 14.6 Å². The largest absolute Gasteiger partial charge is 0.495 e. The molecule has 3 aromatic rings. The number of nitrogens with zero attached hydrogens (tertiary/aromatic N) is 3. The van der Waals surface area contributed by atoms with E-state index in [2.05, 4.69) is 45.4 Å². The van der Waals surface area contributed by atoms with Gasteiger partial charge in [0.05, 0.1) is 24.4 Å². The monoisotopic (exact) mass is 390 g/mol. The van der Waals surface area contributed by atoms with E-state index in [4.69, 9.17) is 4.74 Å². The molecule has 4 rings (SSSR count). The first-order valence-electron chi connectivity index (χ1n) is 9.44. The summed E-state index contributed by atoms with van der Waals surface area (Å²) in [5.74, 6) is -0.150. The molecule has 1 aliphatic rings. The van der Waals surface area contributed by atoms with Gasteiger partial charge in [-0.05, 0) is 31.0 Å². The maximum atomic E-state index is 11.2. The van der Waals surface area contributed by atoms with Crippen LogP contribution in [0, 0.1) is 12.8 Å². The molecule has 0 unspecified atom stereocenters. The van der Waals surface area contributed by atoms with Crippen molar-refractivity contribution in [3.8, 4) is 17.0 Å². The van der Waals surface area contributed by atoms with E-state index >= 15 is 0 Å². The normalized spacial score (nSPS) is 17.6. The summed E-state index contributed by atoms with van der Waals surface area (Å²) in [4.78, 5) is 24.6. The molecule has 1 fully saturated rings. The van der Waals surface area contributed by atoms with E-state index in [9.17, 15) is 9.90 Å². The number of hydrogen-bond acceptors (Lipinski definition) is 6. The molecule has 0 aliphatic heterocycles. The highest BCUT2D eigenvalue weighted by atomic mass is 16.5. The molecule has 2 N–H and O–H groups in total. The van der Waals surface area contributed by atoms with Gasteiger partial charge in [-0.2, -0.15) is 0 Å². The number of pyridine rings is 1. The summed E-state index contributed by atoms with van der Waals surface area (Å²) < 4.78 is 5.37. The Morgan fingerprint density at radius 2 is 2.03 bits per heavy atom. The highest BCUT2D eigenvalue weighted by Gasteiger charge is 2.46. The number of aryl methyl sites for hydroxylation is 1. The molecule has 2 atom stereocenters. The molecule has 1 aliphatic carbocycles. The molecule has 0 radical (unpaired) electrons. The van der Waals surface area contributed by atoms with E-state index in [0.717, 1.165) is 11.1 Å². The Hall–Kier alpha value is -3.48. The van der Waals surface area contributed by atoms with Crippen molar-refractivity contribution in [2.24, 2.45) is 5.92 Å². The van der Waals surface area contributed by atoms with E-state index in [1.54, 1.807) is 19.5 Å². The van der Waals surface area contributed by atoms with Gasteiger partial charge in [0.1, 0.15) is 5.75 Å². The van der Waals surface area contributed by atoms with Gasteiger partial charge >= 0.3 is 5.97 Å². The summed E-state index contributed by atoms with van der Waals surface area (Å²) in [5.41, 5.74) is 4.52. The van der Waals surface area contributed by atoms with Gasteiger partial charge in [-0.1, -0.05) is 29.8 Å². The molecule has 0 saturated heterocycles. The molecule has 2 aromatic heterocycles. The van der Waals surface area contributed by atoms with E-state index in [1.165, 1.54) is 5.56 Å². The zero-order chi connectivity index (χ0) is 20.4. The second-order valence-electron chi connectivity index (χ2n) is 7.21. The van der Waals surface area contributed by atoms with Crippen LogP contribution in [0.2, 0.25) is 0 Å². The second kappa shape index (κ2) is 7.87. The van der Waals surface area contributed by atoms with Crippen LogP contribution in [0.5, 0.6) is 5.75 Å². The lowest BCUT2D eigenvalue weighted by Gasteiger charge is -2.10. The van der Waals surface area contributed by atoms with Gasteiger partial charge in [0.25, 0.3) is 0 Å². The Kier molecular flexibility index (Phi) is 5.12. The van der Waals surface area contributed by atoms with Gasteiger partial charge in [-0.15, -0.1) is 0 Å². The van der Waals surface area contributed by atoms with Crippen LogP contribution in [0.4, 0.5) is 5.95 Å². The highest BCUT2D eigenvalue weighted by molar-refractivity contribution is 5.75. The molecule has 148 valence electrons. The molecule has 0 bridgehead atoms. The Labute approximate surface area is 168 Å². The quantitative estimate of drug-likeness (QED) is 0.635. The van der Waals surface area contributed by atoms with Crippen LogP contribution in [-0.4, -0.2) is 33.1 Å². The van der Waals surface area contributed by atoms with Gasteiger partial charge in [0.15, 0.2) is 0 Å². The molecular formula is C22H22N4O3. The lowest BCUT2D eigenvalue weighted by molar-refractivity contribution is -0.138. The number of hydrogen-bond donors (Lipinski definition) is 2. The van der Waals surface area contributed by atoms with Gasteiger partial charge in [0, 0.05) is 30.4 Å². The molecule has 1 aromatic carbocycles. The fourth-order valence-corrected chi connectivity index (χ4v) is 3.39. The third kappa shape index (κ3) is 4.18. The second-order valence-corrected chi connectivity index (χ2v) is 7.21. The van der Waals surface area contributed by atoms with E-state index in [0.29, 0.717) is 36.1 Å². The number of rotatable bonds is 7. The third-order valence-corrected chi connectivity index (χ3v) is 5.05. The minimum Gasteiger partial charge on any atom is -0.495 e. The minimum atomic E-state index is -0.795. The van der Waals surface area contributed by atoms with Crippen LogP contribution in [0.1, 0.15) is 29.2 Å². The number of benzene rings is 1. The maximum absolute atomic E-state index is 11.2. The van der Waals surface area contributed by atoms with Crippen molar-refractivity contribution in [3.63, 3.8) is 0 Å². The lowest BCUT2D eigenvalue weighted by Crippen LogP contribution is -2.04. The van der Waals surface area contributed by atoms with Crippen molar-refractivity contribution in [3.05, 3.63) is 65.6 Å². The van der Waals surface area contributed by atoms with Crippen molar-refractivity contribution in [2.75, 3.05) is 12.4 Å². The van der Waals surface area contributed by atoms with E-state index in [-0.39, 0.29) is 5.92 Å². The number of carboxylic acids is 1. The van der Waals surface area contributed by atoms with Crippen LogP contribution in [0.3, 0.4) is 0 Å². The molecule has 2 heterocycles. The van der Waals surface area contributed by atoms with Crippen LogP contribution >= 0.6 is 0 Å². The number of aliphatic carboxylic acids is 1. The number of carbonyl (C=O) groups is 1. The summed E-state index contributed by atoms with van der Waals surface area (Å²) in [6, 6.07) is 11.9. The molecule has 7 nitrogen and oxygen atoms in total. The maximum Gasteiger partial charge on any atom is 0.307 e. The van der Waals surface area contributed by atoms with Crippen LogP contribution < -0.4 is 10.1 Å². The fraction of sp³-hybridized carbons (Fsp3) is 0.273. The zero-order valence-electron chi connectivity index (χ0n) is 16.3. The van der Waals surface area contributed by atoms with Crippen molar-refractivity contribution in [1.29, 1.82) is 0 Å². The smallest absolute Gasteiger partial charge is 0.307 e. The van der Waals surface area contributed by atoms with Gasteiger partial charge in [-0.3, -0.25) is 4.79 Å².